The second kappa shape index (κ2) is 9.88. The van der Waals surface area contributed by atoms with Gasteiger partial charge >= 0.3 is 17.9 Å². The van der Waals surface area contributed by atoms with Crippen molar-refractivity contribution >= 4 is 17.9 Å². The lowest BCUT2D eigenvalue weighted by Crippen LogP contribution is -2.10. The van der Waals surface area contributed by atoms with Crippen LogP contribution in [-0.4, -0.2) is 41.3 Å². The summed E-state index contributed by atoms with van der Waals surface area (Å²) < 4.78 is 14.3. The number of rotatable bonds is 8. The molecule has 2 N–H and O–H groups in total. The van der Waals surface area contributed by atoms with Gasteiger partial charge in [0.2, 0.25) is 0 Å². The molecule has 0 unspecified atom stereocenters. The minimum absolute atomic E-state index is 0.00636. The van der Waals surface area contributed by atoms with Gasteiger partial charge in [-0.05, 0) is 13.3 Å². The van der Waals surface area contributed by atoms with Crippen molar-refractivity contribution in [2.45, 2.75) is 19.8 Å². The van der Waals surface area contributed by atoms with Crippen molar-refractivity contribution in [1.29, 1.82) is 0 Å². The van der Waals surface area contributed by atoms with Crippen molar-refractivity contribution in [2.75, 3.05) is 13.2 Å². The number of esters is 3. The highest BCUT2D eigenvalue weighted by molar-refractivity contribution is 5.91. The zero-order valence-corrected chi connectivity index (χ0v) is 13.1. The Morgan fingerprint density at radius 1 is 1.00 bits per heavy atom. The van der Waals surface area contributed by atoms with E-state index in [2.05, 4.69) is 4.74 Å². The van der Waals surface area contributed by atoms with E-state index in [-0.39, 0.29) is 43.3 Å². The fourth-order valence-corrected chi connectivity index (χ4v) is 1.57. The summed E-state index contributed by atoms with van der Waals surface area (Å²) in [5, 5.41) is 18.5. The van der Waals surface area contributed by atoms with E-state index in [1.54, 1.807) is 6.92 Å². The molecule has 0 aromatic heterocycles. The molecule has 0 saturated carbocycles. The fourth-order valence-electron chi connectivity index (χ4n) is 1.57. The maximum absolute atomic E-state index is 11.6. The van der Waals surface area contributed by atoms with Crippen LogP contribution in [0.25, 0.3) is 0 Å². The van der Waals surface area contributed by atoms with E-state index >= 15 is 0 Å². The van der Waals surface area contributed by atoms with Crippen LogP contribution in [0.3, 0.4) is 0 Å². The first-order valence-corrected chi connectivity index (χ1v) is 7.16. The van der Waals surface area contributed by atoms with Gasteiger partial charge in [-0.15, -0.1) is 0 Å². The van der Waals surface area contributed by atoms with Gasteiger partial charge in [-0.1, -0.05) is 0 Å². The minimum atomic E-state index is -0.727. The second-order valence-corrected chi connectivity index (χ2v) is 4.52. The van der Waals surface area contributed by atoms with Crippen LogP contribution in [-0.2, 0) is 23.9 Å². The lowest BCUT2D eigenvalue weighted by Gasteiger charge is -2.05. The summed E-state index contributed by atoms with van der Waals surface area (Å²) in [5.41, 5.74) is 0. The highest BCUT2D eigenvalue weighted by Crippen LogP contribution is 2.25. The summed E-state index contributed by atoms with van der Waals surface area (Å²) in [4.78, 5) is 33.8. The van der Waals surface area contributed by atoms with E-state index in [0.29, 0.717) is 0 Å². The first-order valence-electron chi connectivity index (χ1n) is 7.16. The molecule has 0 amide bonds. The number of hydrogen-bond acceptors (Lipinski definition) is 8. The molecule has 0 fully saturated rings. The quantitative estimate of drug-likeness (QED) is 0.316. The van der Waals surface area contributed by atoms with Gasteiger partial charge in [-0.25, -0.2) is 9.59 Å². The number of hydrogen-bond donors (Lipinski definition) is 2. The first kappa shape index (κ1) is 19.0. The minimum Gasteiger partial charge on any atom is -0.508 e. The number of carbonyl (C=O) groups excluding carboxylic acids is 3. The number of carbonyl (C=O) groups is 3. The van der Waals surface area contributed by atoms with Crippen LogP contribution >= 0.6 is 0 Å². The van der Waals surface area contributed by atoms with Crippen molar-refractivity contribution in [3.05, 3.63) is 30.4 Å². The van der Waals surface area contributed by atoms with Crippen LogP contribution in [0.15, 0.2) is 30.4 Å². The smallest absolute Gasteiger partial charge is 0.331 e. The lowest BCUT2D eigenvalue weighted by molar-refractivity contribution is -0.141. The number of benzene rings is 1. The average molecular weight is 338 g/mol. The van der Waals surface area contributed by atoms with Gasteiger partial charge in [0, 0.05) is 36.8 Å². The summed E-state index contributed by atoms with van der Waals surface area (Å²) in [6, 6.07) is 3.45. The van der Waals surface area contributed by atoms with Crippen molar-refractivity contribution in [1.82, 2.24) is 0 Å². The van der Waals surface area contributed by atoms with Crippen LogP contribution in [0.4, 0.5) is 0 Å². The Labute approximate surface area is 138 Å². The van der Waals surface area contributed by atoms with Crippen molar-refractivity contribution in [3.8, 4) is 17.2 Å². The number of aromatic hydroxyl groups is 2. The molecule has 0 radical (unpaired) electrons. The summed E-state index contributed by atoms with van der Waals surface area (Å²) in [6.07, 6.45) is 2.06. The van der Waals surface area contributed by atoms with Gasteiger partial charge in [0.05, 0.1) is 13.2 Å². The maximum atomic E-state index is 11.6. The van der Waals surface area contributed by atoms with Gasteiger partial charge in [0.15, 0.2) is 0 Å². The normalized spacial score (nSPS) is 10.4. The summed E-state index contributed by atoms with van der Waals surface area (Å²) in [6.45, 7) is 1.81. The molecule has 0 aliphatic carbocycles. The van der Waals surface area contributed by atoms with E-state index in [9.17, 15) is 24.6 Å². The van der Waals surface area contributed by atoms with Crippen LogP contribution in [0.5, 0.6) is 17.2 Å². The van der Waals surface area contributed by atoms with Crippen molar-refractivity contribution in [3.63, 3.8) is 0 Å². The molecule has 0 heterocycles. The maximum Gasteiger partial charge on any atom is 0.331 e. The monoisotopic (exact) mass is 338 g/mol. The topological polar surface area (TPSA) is 119 Å². The molecule has 0 aliphatic rings. The van der Waals surface area contributed by atoms with Gasteiger partial charge < -0.3 is 24.4 Å². The van der Waals surface area contributed by atoms with Gasteiger partial charge in [-0.3, -0.25) is 4.79 Å². The Hall–Kier alpha value is -3.03. The Balaban J connectivity index is 2.26. The number of phenols is 2. The Bertz CT molecular complexity index is 600. The largest absolute Gasteiger partial charge is 0.508 e. The average Bonchev–Trinajstić information content (AvgIpc) is 2.49. The highest BCUT2D eigenvalue weighted by atomic mass is 16.5. The molecule has 8 heteroatoms. The Morgan fingerprint density at radius 2 is 1.58 bits per heavy atom. The molecule has 1 aromatic rings. The van der Waals surface area contributed by atoms with Gasteiger partial charge in [-0.2, -0.15) is 0 Å². The van der Waals surface area contributed by atoms with Crippen molar-refractivity contribution in [2.24, 2.45) is 0 Å². The zero-order chi connectivity index (χ0) is 17.9. The van der Waals surface area contributed by atoms with E-state index in [1.165, 1.54) is 12.1 Å². The molecule has 1 rings (SSSR count). The first-order chi connectivity index (χ1) is 11.4. The molecule has 0 bridgehead atoms. The third-order valence-electron chi connectivity index (χ3n) is 2.52. The molecule has 0 spiro atoms. The fraction of sp³-hybridized carbons (Fsp3) is 0.312. The highest BCUT2D eigenvalue weighted by Gasteiger charge is 2.08. The summed E-state index contributed by atoms with van der Waals surface area (Å²) in [5.74, 6) is -2.45. The number of phenolic OH excluding ortho intramolecular Hbond substituents is 2. The summed E-state index contributed by atoms with van der Waals surface area (Å²) >= 11 is 0. The van der Waals surface area contributed by atoms with Crippen LogP contribution in [0.1, 0.15) is 19.8 Å². The predicted octanol–water partition coefficient (Wildman–Crippen LogP) is 1.45. The molecule has 0 aliphatic heterocycles. The molecule has 0 saturated heterocycles. The molecule has 8 nitrogen and oxygen atoms in total. The molecule has 130 valence electrons. The zero-order valence-electron chi connectivity index (χ0n) is 13.1. The third-order valence-corrected chi connectivity index (χ3v) is 2.52. The van der Waals surface area contributed by atoms with E-state index < -0.39 is 17.9 Å². The van der Waals surface area contributed by atoms with E-state index in [1.807, 2.05) is 0 Å². The van der Waals surface area contributed by atoms with E-state index in [0.717, 1.165) is 18.2 Å². The molecule has 1 aromatic carbocycles. The van der Waals surface area contributed by atoms with E-state index in [4.69, 9.17) is 9.47 Å². The van der Waals surface area contributed by atoms with Gasteiger partial charge in [0.1, 0.15) is 17.2 Å². The second-order valence-electron chi connectivity index (χ2n) is 4.52. The number of ether oxygens (including phenoxy) is 3. The lowest BCUT2D eigenvalue weighted by atomic mass is 10.3. The van der Waals surface area contributed by atoms with Crippen LogP contribution in [0, 0.1) is 0 Å². The Morgan fingerprint density at radius 3 is 2.17 bits per heavy atom. The predicted molar refractivity (Wildman–Crippen MR) is 81.4 cm³/mol. The molecular weight excluding hydrogens is 320 g/mol. The molecule has 0 atom stereocenters. The SMILES string of the molecule is CCOC(=O)C=CC(=O)OCCCC(=O)Oc1cc(O)cc(O)c1. The standard InChI is InChI=1S/C16H18O8/c1-2-22-14(19)5-6-15(20)23-7-3-4-16(21)24-13-9-11(17)8-12(18)10-13/h5-6,8-10,17-18H,2-4,7H2,1H3. The van der Waals surface area contributed by atoms with Crippen LogP contribution in [0.2, 0.25) is 0 Å². The molecule has 24 heavy (non-hydrogen) atoms. The summed E-state index contributed by atoms with van der Waals surface area (Å²) in [7, 11) is 0. The van der Waals surface area contributed by atoms with Gasteiger partial charge in [0.25, 0.3) is 0 Å². The molecular formula is C16H18O8. The van der Waals surface area contributed by atoms with Crippen molar-refractivity contribution < 1.29 is 38.8 Å². The Kier molecular flexibility index (Phi) is 7.83. The van der Waals surface area contributed by atoms with Crippen LogP contribution < -0.4 is 4.74 Å². The third kappa shape index (κ3) is 7.83.